The summed E-state index contributed by atoms with van der Waals surface area (Å²) in [7, 11) is 0. The van der Waals surface area contributed by atoms with Gasteiger partial charge in [0.1, 0.15) is 0 Å². The first-order chi connectivity index (χ1) is 8.27. The summed E-state index contributed by atoms with van der Waals surface area (Å²) in [5.74, 6) is -1.21. The zero-order valence-corrected chi connectivity index (χ0v) is 9.71. The molecular formula is C13H17NO3. The second kappa shape index (κ2) is 5.80. The van der Waals surface area contributed by atoms with Gasteiger partial charge >= 0.3 is 5.97 Å². The van der Waals surface area contributed by atoms with Gasteiger partial charge in [-0.3, -0.25) is 9.69 Å². The molecule has 1 aromatic carbocycles. The molecule has 0 saturated carbocycles. The second-order valence-corrected chi connectivity index (χ2v) is 4.21. The molecule has 0 radical (unpaired) electrons. The fourth-order valence-corrected chi connectivity index (χ4v) is 2.05. The smallest absolute Gasteiger partial charge is 0.312 e. The van der Waals surface area contributed by atoms with E-state index in [0.29, 0.717) is 19.8 Å². The molecule has 1 aliphatic heterocycles. The minimum atomic E-state index is -0.761. The molecule has 1 heterocycles. The van der Waals surface area contributed by atoms with Gasteiger partial charge in [0.25, 0.3) is 0 Å². The molecule has 2 rings (SSSR count). The third-order valence-electron chi connectivity index (χ3n) is 3.04. The van der Waals surface area contributed by atoms with E-state index in [4.69, 9.17) is 4.74 Å². The number of hydrogen-bond donors (Lipinski definition) is 1. The van der Waals surface area contributed by atoms with Crippen LogP contribution in [0.5, 0.6) is 0 Å². The van der Waals surface area contributed by atoms with Crippen LogP contribution in [0, 0.1) is 0 Å². The zero-order valence-electron chi connectivity index (χ0n) is 9.71. The summed E-state index contributed by atoms with van der Waals surface area (Å²) in [4.78, 5) is 13.5. The molecule has 0 amide bonds. The average Bonchev–Trinajstić information content (AvgIpc) is 2.38. The van der Waals surface area contributed by atoms with Crippen LogP contribution in [0.15, 0.2) is 30.3 Å². The number of carboxylic acid groups (broad SMARTS) is 1. The highest BCUT2D eigenvalue weighted by atomic mass is 16.5. The Morgan fingerprint density at radius 2 is 1.94 bits per heavy atom. The van der Waals surface area contributed by atoms with Crippen molar-refractivity contribution in [1.29, 1.82) is 0 Å². The van der Waals surface area contributed by atoms with Crippen molar-refractivity contribution in [2.24, 2.45) is 0 Å². The normalized spacial score (nSPS) is 18.8. The molecule has 1 fully saturated rings. The summed E-state index contributed by atoms with van der Waals surface area (Å²) in [6.45, 7) is 3.58. The molecule has 0 aliphatic carbocycles. The predicted molar refractivity (Wildman–Crippen MR) is 64.1 cm³/mol. The molecule has 92 valence electrons. The van der Waals surface area contributed by atoms with Crippen LogP contribution in [-0.2, 0) is 9.53 Å². The highest BCUT2D eigenvalue weighted by molar-refractivity contribution is 5.76. The van der Waals surface area contributed by atoms with Crippen molar-refractivity contribution >= 4 is 5.97 Å². The van der Waals surface area contributed by atoms with Crippen LogP contribution in [0.2, 0.25) is 0 Å². The summed E-state index contributed by atoms with van der Waals surface area (Å²) in [5.41, 5.74) is 0.867. The SMILES string of the molecule is O=C(O)C(CN1CCOCC1)c1ccccc1. The first kappa shape index (κ1) is 12.1. The van der Waals surface area contributed by atoms with Gasteiger partial charge in [-0.15, -0.1) is 0 Å². The Kier molecular flexibility index (Phi) is 4.12. The quantitative estimate of drug-likeness (QED) is 0.851. The van der Waals surface area contributed by atoms with E-state index in [9.17, 15) is 9.90 Å². The monoisotopic (exact) mass is 235 g/mol. The molecule has 1 N–H and O–H groups in total. The van der Waals surface area contributed by atoms with E-state index in [0.717, 1.165) is 18.7 Å². The highest BCUT2D eigenvalue weighted by Gasteiger charge is 2.23. The van der Waals surface area contributed by atoms with E-state index in [2.05, 4.69) is 4.90 Å². The number of nitrogens with zero attached hydrogens (tertiary/aromatic N) is 1. The van der Waals surface area contributed by atoms with Crippen molar-refractivity contribution in [1.82, 2.24) is 4.90 Å². The van der Waals surface area contributed by atoms with Crippen LogP contribution in [0.3, 0.4) is 0 Å². The third kappa shape index (κ3) is 3.28. The van der Waals surface area contributed by atoms with Crippen molar-refractivity contribution in [3.05, 3.63) is 35.9 Å². The van der Waals surface area contributed by atoms with Gasteiger partial charge in [0.2, 0.25) is 0 Å². The third-order valence-corrected chi connectivity index (χ3v) is 3.04. The second-order valence-electron chi connectivity index (χ2n) is 4.21. The van der Waals surface area contributed by atoms with Crippen LogP contribution >= 0.6 is 0 Å². The standard InChI is InChI=1S/C13H17NO3/c15-13(16)12(11-4-2-1-3-5-11)10-14-6-8-17-9-7-14/h1-5,12H,6-10H2,(H,15,16). The number of benzene rings is 1. The lowest BCUT2D eigenvalue weighted by Gasteiger charge is -2.29. The van der Waals surface area contributed by atoms with Crippen molar-refractivity contribution in [2.45, 2.75) is 5.92 Å². The molecule has 1 saturated heterocycles. The van der Waals surface area contributed by atoms with Crippen LogP contribution < -0.4 is 0 Å². The molecule has 17 heavy (non-hydrogen) atoms. The number of morpholine rings is 1. The summed E-state index contributed by atoms with van der Waals surface area (Å²) in [6, 6.07) is 9.41. The Hall–Kier alpha value is -1.39. The Morgan fingerprint density at radius 1 is 1.29 bits per heavy atom. The van der Waals surface area contributed by atoms with Gasteiger partial charge in [0.05, 0.1) is 19.1 Å². The van der Waals surface area contributed by atoms with Crippen molar-refractivity contribution in [2.75, 3.05) is 32.8 Å². The van der Waals surface area contributed by atoms with Crippen molar-refractivity contribution in [3.63, 3.8) is 0 Å². The topological polar surface area (TPSA) is 49.8 Å². The number of hydrogen-bond acceptors (Lipinski definition) is 3. The Labute approximate surface area is 101 Å². The minimum Gasteiger partial charge on any atom is -0.481 e. The Morgan fingerprint density at radius 3 is 2.53 bits per heavy atom. The van der Waals surface area contributed by atoms with Gasteiger partial charge in [0.15, 0.2) is 0 Å². The molecule has 4 heteroatoms. The molecule has 0 aromatic heterocycles. The Balaban J connectivity index is 2.05. The van der Waals surface area contributed by atoms with Gasteiger partial charge in [0, 0.05) is 19.6 Å². The summed E-state index contributed by atoms with van der Waals surface area (Å²) in [5, 5.41) is 9.30. The maximum absolute atomic E-state index is 11.3. The van der Waals surface area contributed by atoms with E-state index in [-0.39, 0.29) is 0 Å². The molecule has 1 aliphatic rings. The Bertz CT molecular complexity index is 360. The fourth-order valence-electron chi connectivity index (χ4n) is 2.05. The van der Waals surface area contributed by atoms with Gasteiger partial charge in [-0.2, -0.15) is 0 Å². The number of aliphatic carboxylic acids is 1. The first-order valence-corrected chi connectivity index (χ1v) is 5.85. The number of carbonyl (C=O) groups is 1. The minimum absolute atomic E-state index is 0.450. The summed E-state index contributed by atoms with van der Waals surface area (Å²) in [6.07, 6.45) is 0. The van der Waals surface area contributed by atoms with E-state index < -0.39 is 11.9 Å². The number of rotatable bonds is 4. The van der Waals surface area contributed by atoms with Crippen molar-refractivity contribution < 1.29 is 14.6 Å². The van der Waals surface area contributed by atoms with E-state index >= 15 is 0 Å². The van der Waals surface area contributed by atoms with Crippen LogP contribution in [0.1, 0.15) is 11.5 Å². The molecule has 0 bridgehead atoms. The van der Waals surface area contributed by atoms with Gasteiger partial charge in [-0.05, 0) is 5.56 Å². The molecule has 1 atom stereocenters. The van der Waals surface area contributed by atoms with Crippen molar-refractivity contribution in [3.8, 4) is 0 Å². The number of carboxylic acids is 1. The lowest BCUT2D eigenvalue weighted by Crippen LogP contribution is -2.40. The molecule has 1 unspecified atom stereocenters. The maximum atomic E-state index is 11.3. The maximum Gasteiger partial charge on any atom is 0.312 e. The first-order valence-electron chi connectivity index (χ1n) is 5.85. The largest absolute Gasteiger partial charge is 0.481 e. The van der Waals surface area contributed by atoms with Gasteiger partial charge in [-0.1, -0.05) is 30.3 Å². The van der Waals surface area contributed by atoms with E-state index in [1.165, 1.54) is 0 Å². The summed E-state index contributed by atoms with van der Waals surface area (Å²) >= 11 is 0. The lowest BCUT2D eigenvalue weighted by molar-refractivity contribution is -0.139. The van der Waals surface area contributed by atoms with Gasteiger partial charge < -0.3 is 9.84 Å². The molecule has 4 nitrogen and oxygen atoms in total. The lowest BCUT2D eigenvalue weighted by atomic mass is 9.98. The molecular weight excluding hydrogens is 218 g/mol. The van der Waals surface area contributed by atoms with Crippen LogP contribution in [0.4, 0.5) is 0 Å². The molecule has 1 aromatic rings. The van der Waals surface area contributed by atoms with Crippen LogP contribution in [0.25, 0.3) is 0 Å². The predicted octanol–water partition coefficient (Wildman–Crippen LogP) is 1.19. The van der Waals surface area contributed by atoms with E-state index in [1.807, 2.05) is 30.3 Å². The highest BCUT2D eigenvalue weighted by Crippen LogP contribution is 2.17. The fraction of sp³-hybridized carbons (Fsp3) is 0.462. The van der Waals surface area contributed by atoms with Crippen LogP contribution in [-0.4, -0.2) is 48.8 Å². The van der Waals surface area contributed by atoms with Gasteiger partial charge in [-0.25, -0.2) is 0 Å². The number of ether oxygens (including phenoxy) is 1. The van der Waals surface area contributed by atoms with E-state index in [1.54, 1.807) is 0 Å². The zero-order chi connectivity index (χ0) is 12.1. The molecule has 0 spiro atoms. The summed E-state index contributed by atoms with van der Waals surface area (Å²) < 4.78 is 5.26. The average molecular weight is 235 g/mol.